The summed E-state index contributed by atoms with van der Waals surface area (Å²) in [7, 11) is 0. The summed E-state index contributed by atoms with van der Waals surface area (Å²) in [5.74, 6) is 1.26. The maximum absolute atomic E-state index is 12.3. The number of nitrogens with one attached hydrogen (secondary N) is 4. The van der Waals surface area contributed by atoms with E-state index in [0.29, 0.717) is 38.4 Å². The Morgan fingerprint density at radius 3 is 1.97 bits per heavy atom. The van der Waals surface area contributed by atoms with E-state index in [1.165, 1.54) is 22.7 Å². The Hall–Kier alpha value is -2.80. The van der Waals surface area contributed by atoms with E-state index in [0.717, 1.165) is 33.3 Å². The summed E-state index contributed by atoms with van der Waals surface area (Å²) >= 11 is 13.2. The molecule has 0 radical (unpaired) electrons. The van der Waals surface area contributed by atoms with Gasteiger partial charge in [0, 0.05) is 25.2 Å². The fraction of sp³-hybridized carbons (Fsp3) is 0.360. The zero-order chi connectivity index (χ0) is 26.6. The Bertz CT molecular complexity index is 1530. The summed E-state index contributed by atoms with van der Waals surface area (Å²) < 4.78 is 14.1. The third-order valence-electron chi connectivity index (χ3n) is 5.72. The Balaban J connectivity index is 1.16. The van der Waals surface area contributed by atoms with E-state index in [1.54, 1.807) is 24.3 Å². The minimum absolute atomic E-state index is 0.153. The van der Waals surface area contributed by atoms with Gasteiger partial charge in [-0.05, 0) is 72.9 Å². The minimum atomic E-state index is -0.494. The first kappa shape index (κ1) is 27.2. The number of carbonyl (C=O) groups excluding carboxylic acids is 2. The van der Waals surface area contributed by atoms with Crippen LogP contribution in [-0.2, 0) is 0 Å². The van der Waals surface area contributed by atoms with Crippen molar-refractivity contribution in [2.75, 3.05) is 13.1 Å². The fourth-order valence-corrected chi connectivity index (χ4v) is 6.40. The molecule has 4 N–H and O–H groups in total. The topological polar surface area (TPSA) is 108 Å². The summed E-state index contributed by atoms with van der Waals surface area (Å²) in [6, 6.07) is 10.8. The van der Waals surface area contributed by atoms with Gasteiger partial charge in [-0.1, -0.05) is 20.8 Å². The highest BCUT2D eigenvalue weighted by Crippen LogP contribution is 2.28. The second kappa shape index (κ2) is 11.7. The number of carbonyl (C=O) groups is 2. The number of aromatic amines is 2. The summed E-state index contributed by atoms with van der Waals surface area (Å²) in [5.41, 5.74) is 1.69. The third-order valence-corrected chi connectivity index (χ3v) is 8.12. The maximum Gasteiger partial charge on any atom is 0.412 e. The smallest absolute Gasteiger partial charge is 0.410 e. The molecule has 0 aliphatic heterocycles. The van der Waals surface area contributed by atoms with Crippen LogP contribution in [0.1, 0.15) is 33.6 Å². The van der Waals surface area contributed by atoms with E-state index in [9.17, 15) is 9.59 Å². The van der Waals surface area contributed by atoms with E-state index in [2.05, 4.69) is 41.4 Å². The van der Waals surface area contributed by atoms with Crippen LogP contribution in [-0.4, -0.2) is 35.2 Å². The van der Waals surface area contributed by atoms with Gasteiger partial charge < -0.3 is 30.1 Å². The monoisotopic (exact) mass is 576 g/mol. The van der Waals surface area contributed by atoms with E-state index < -0.39 is 12.2 Å². The second-order valence-electron chi connectivity index (χ2n) is 9.67. The van der Waals surface area contributed by atoms with Gasteiger partial charge in [0.1, 0.15) is 11.5 Å². The molecule has 0 saturated heterocycles. The number of benzene rings is 2. The number of amides is 2. The van der Waals surface area contributed by atoms with Crippen molar-refractivity contribution in [3.8, 4) is 11.5 Å². The third kappa shape index (κ3) is 7.84. The van der Waals surface area contributed by atoms with Crippen LogP contribution in [0.3, 0.4) is 0 Å². The van der Waals surface area contributed by atoms with Crippen LogP contribution in [0.4, 0.5) is 9.59 Å². The molecule has 8 nitrogen and oxygen atoms in total. The van der Waals surface area contributed by atoms with Crippen LogP contribution in [0.5, 0.6) is 11.5 Å². The van der Waals surface area contributed by atoms with E-state index in [-0.39, 0.29) is 5.41 Å². The van der Waals surface area contributed by atoms with Crippen LogP contribution < -0.4 is 20.1 Å². The van der Waals surface area contributed by atoms with Gasteiger partial charge in [-0.2, -0.15) is 0 Å². The number of rotatable bonds is 9. The molecule has 4 aromatic rings. The molecule has 0 bridgehead atoms. The molecule has 4 rings (SSSR count). The van der Waals surface area contributed by atoms with Crippen LogP contribution in [0, 0.1) is 19.2 Å². The van der Waals surface area contributed by atoms with Crippen molar-refractivity contribution in [1.29, 1.82) is 0 Å². The van der Waals surface area contributed by atoms with Gasteiger partial charge in [0.2, 0.25) is 0 Å². The highest BCUT2D eigenvalue weighted by Gasteiger charge is 2.22. The maximum atomic E-state index is 12.3. The lowest BCUT2D eigenvalue weighted by molar-refractivity contribution is 0.187. The van der Waals surface area contributed by atoms with E-state index >= 15 is 0 Å². The standard InChI is InChI=1S/C25H28N4O4S4/c1-14(8-9-26-21(30)32-15-4-6-17-19(10-15)36-23(34)28-17)12-25(2,3)13-27-22(31)33-16-5-7-18-20(11-16)37-24(35)29-18/h4-7,10-11,14H,8-9,12-13H2,1-3H3,(H,26,30)(H,27,31)(H,28,34)(H,29,35). The normalized spacial score (nSPS) is 12.4. The van der Waals surface area contributed by atoms with Crippen molar-refractivity contribution in [2.24, 2.45) is 11.3 Å². The average Bonchev–Trinajstić information content (AvgIpc) is 3.37. The van der Waals surface area contributed by atoms with E-state index in [4.69, 9.17) is 33.9 Å². The number of ether oxygens (including phenoxy) is 2. The highest BCUT2D eigenvalue weighted by molar-refractivity contribution is 7.74. The van der Waals surface area contributed by atoms with Crippen molar-refractivity contribution in [1.82, 2.24) is 20.6 Å². The Morgan fingerprint density at radius 2 is 1.43 bits per heavy atom. The number of aromatic nitrogens is 2. The predicted molar refractivity (Wildman–Crippen MR) is 154 cm³/mol. The van der Waals surface area contributed by atoms with Gasteiger partial charge >= 0.3 is 12.2 Å². The molecule has 37 heavy (non-hydrogen) atoms. The zero-order valence-corrected chi connectivity index (χ0v) is 23.9. The van der Waals surface area contributed by atoms with Crippen LogP contribution in [0.15, 0.2) is 36.4 Å². The minimum Gasteiger partial charge on any atom is -0.410 e. The van der Waals surface area contributed by atoms with Crippen molar-refractivity contribution < 1.29 is 19.1 Å². The molecule has 0 saturated carbocycles. The van der Waals surface area contributed by atoms with Crippen LogP contribution >= 0.6 is 47.1 Å². The fourth-order valence-electron chi connectivity index (χ4n) is 4.11. The van der Waals surface area contributed by atoms with E-state index in [1.807, 2.05) is 12.1 Å². The molecule has 2 heterocycles. The first-order chi connectivity index (χ1) is 17.6. The summed E-state index contributed by atoms with van der Waals surface area (Å²) in [6.45, 7) is 7.27. The second-order valence-corrected chi connectivity index (χ2v) is 13.1. The average molecular weight is 577 g/mol. The summed E-state index contributed by atoms with van der Waals surface area (Å²) in [6.07, 6.45) is 0.657. The summed E-state index contributed by atoms with van der Waals surface area (Å²) in [4.78, 5) is 30.7. The molecule has 196 valence electrons. The highest BCUT2D eigenvalue weighted by atomic mass is 32.2. The molecule has 12 heteroatoms. The van der Waals surface area contributed by atoms with Crippen LogP contribution in [0.25, 0.3) is 20.4 Å². The number of hydrogen-bond donors (Lipinski definition) is 4. The lowest BCUT2D eigenvalue weighted by atomic mass is 9.82. The Labute approximate surface area is 232 Å². The van der Waals surface area contributed by atoms with Crippen molar-refractivity contribution >= 4 is 79.7 Å². The van der Waals surface area contributed by atoms with Crippen molar-refractivity contribution in [3.05, 3.63) is 44.3 Å². The molecule has 1 unspecified atom stereocenters. The SMILES string of the molecule is CC(CCNC(=O)Oc1ccc2[nH]c(=S)sc2c1)CC(C)(C)CNC(=O)Oc1ccc2[nH]c(=S)sc2c1. The molecular weight excluding hydrogens is 549 g/mol. The van der Waals surface area contributed by atoms with Gasteiger partial charge in [0.15, 0.2) is 7.91 Å². The molecule has 2 aromatic heterocycles. The molecule has 1 atom stereocenters. The van der Waals surface area contributed by atoms with Crippen molar-refractivity contribution in [3.63, 3.8) is 0 Å². The molecule has 0 spiro atoms. The molecule has 0 aliphatic carbocycles. The molecule has 0 fully saturated rings. The van der Waals surface area contributed by atoms with Gasteiger partial charge in [-0.25, -0.2) is 9.59 Å². The van der Waals surface area contributed by atoms with Gasteiger partial charge in [-0.3, -0.25) is 0 Å². The number of fused-ring (bicyclic) bond motifs is 2. The molecular formula is C25H28N4O4S4. The first-order valence-electron chi connectivity index (χ1n) is 11.7. The van der Waals surface area contributed by atoms with Crippen molar-refractivity contribution in [2.45, 2.75) is 33.6 Å². The first-order valence-corrected chi connectivity index (χ1v) is 14.2. The Kier molecular flexibility index (Phi) is 8.63. The van der Waals surface area contributed by atoms with Crippen LogP contribution in [0.2, 0.25) is 0 Å². The number of H-pyrrole nitrogens is 2. The van der Waals surface area contributed by atoms with Gasteiger partial charge in [0.05, 0.1) is 20.4 Å². The molecule has 2 amide bonds. The number of thiazole rings is 2. The molecule has 2 aromatic carbocycles. The zero-order valence-electron chi connectivity index (χ0n) is 20.6. The lowest BCUT2D eigenvalue weighted by Crippen LogP contribution is -2.37. The largest absolute Gasteiger partial charge is 0.412 e. The number of hydrogen-bond acceptors (Lipinski definition) is 8. The predicted octanol–water partition coefficient (Wildman–Crippen LogP) is 7.55. The summed E-state index contributed by atoms with van der Waals surface area (Å²) in [5, 5.41) is 5.67. The molecule has 0 aliphatic rings. The lowest BCUT2D eigenvalue weighted by Gasteiger charge is -2.28. The quantitative estimate of drug-likeness (QED) is 0.153. The van der Waals surface area contributed by atoms with Gasteiger partial charge in [-0.15, -0.1) is 22.7 Å². The Morgan fingerprint density at radius 1 is 0.919 bits per heavy atom. The van der Waals surface area contributed by atoms with Gasteiger partial charge in [0.25, 0.3) is 0 Å².